The van der Waals surface area contributed by atoms with Crippen LogP contribution in [0.3, 0.4) is 0 Å². The number of nitrogens with one attached hydrogen (secondary N) is 1. The first-order valence-corrected chi connectivity index (χ1v) is 11.5. The molecule has 182 valence electrons. The van der Waals surface area contributed by atoms with Gasteiger partial charge in [0, 0.05) is 43.9 Å². The zero-order valence-electron chi connectivity index (χ0n) is 19.3. The molecular weight excluding hydrogens is 455 g/mol. The molecule has 3 aromatic rings. The number of fused-ring (bicyclic) bond motifs is 1. The summed E-state index contributed by atoms with van der Waals surface area (Å²) in [6.07, 6.45) is -3.26. The number of anilines is 2. The number of amides is 1. The third kappa shape index (κ3) is 4.34. The number of alkyl halides is 3. The number of hydrogen-bond acceptors (Lipinski definition) is 4. The number of rotatable bonds is 4. The molecule has 1 amide bonds. The lowest BCUT2D eigenvalue weighted by Crippen LogP contribution is -2.64. The summed E-state index contributed by atoms with van der Waals surface area (Å²) < 4.78 is 45.7. The number of methoxy groups -OCH3 is 1. The molecule has 0 bridgehead atoms. The standard InChI is InChI=1S/C27H26F3N3O2/c1-35-21-12-10-20(11-13-21)33-25(34)22-7-3-5-9-24(22)31-26(33)14-16-32(17-15-26)18-19-6-2-4-8-23(19)27(28,29)30/h2-13,31H,14-18H2,1H3. The van der Waals surface area contributed by atoms with Crippen LogP contribution in [0, 0.1) is 0 Å². The normalized spacial score (nSPS) is 17.7. The molecule has 2 aliphatic rings. The first-order chi connectivity index (χ1) is 16.8. The quantitative estimate of drug-likeness (QED) is 0.513. The van der Waals surface area contributed by atoms with Crippen LogP contribution in [0.2, 0.25) is 0 Å². The minimum atomic E-state index is -4.39. The Bertz CT molecular complexity index is 1220. The van der Waals surface area contributed by atoms with E-state index < -0.39 is 17.4 Å². The molecule has 1 spiro atoms. The van der Waals surface area contributed by atoms with E-state index in [0.717, 1.165) is 17.4 Å². The van der Waals surface area contributed by atoms with Gasteiger partial charge in [-0.2, -0.15) is 13.2 Å². The van der Waals surface area contributed by atoms with Gasteiger partial charge in [0.05, 0.1) is 18.2 Å². The van der Waals surface area contributed by atoms with E-state index in [-0.39, 0.29) is 18.0 Å². The molecule has 0 unspecified atom stereocenters. The SMILES string of the molecule is COc1ccc(N2C(=O)c3ccccc3NC23CCN(Cc2ccccc2C(F)(F)F)CC3)cc1. The number of carbonyl (C=O) groups excluding carboxylic acids is 1. The second-order valence-electron chi connectivity index (χ2n) is 8.97. The first-order valence-electron chi connectivity index (χ1n) is 11.5. The number of piperidine rings is 1. The largest absolute Gasteiger partial charge is 0.497 e. The Kier molecular flexibility index (Phi) is 5.92. The predicted molar refractivity (Wildman–Crippen MR) is 129 cm³/mol. The topological polar surface area (TPSA) is 44.8 Å². The minimum Gasteiger partial charge on any atom is -0.497 e. The van der Waals surface area contributed by atoms with Gasteiger partial charge in [-0.25, -0.2) is 0 Å². The summed E-state index contributed by atoms with van der Waals surface area (Å²) >= 11 is 0. The van der Waals surface area contributed by atoms with Crippen LogP contribution in [-0.4, -0.2) is 36.7 Å². The van der Waals surface area contributed by atoms with Crippen molar-refractivity contribution >= 4 is 17.3 Å². The van der Waals surface area contributed by atoms with Crippen molar-refractivity contribution in [3.05, 3.63) is 89.5 Å². The van der Waals surface area contributed by atoms with Gasteiger partial charge in [0.15, 0.2) is 0 Å². The summed E-state index contributed by atoms with van der Waals surface area (Å²) in [4.78, 5) is 17.5. The van der Waals surface area contributed by atoms with Gasteiger partial charge in [-0.1, -0.05) is 30.3 Å². The van der Waals surface area contributed by atoms with Gasteiger partial charge >= 0.3 is 6.18 Å². The Hall–Kier alpha value is -3.52. The maximum Gasteiger partial charge on any atom is 0.416 e. The van der Waals surface area contributed by atoms with E-state index in [1.54, 1.807) is 24.1 Å². The van der Waals surface area contributed by atoms with Crippen molar-refractivity contribution in [1.29, 1.82) is 0 Å². The van der Waals surface area contributed by atoms with Crippen molar-refractivity contribution in [2.45, 2.75) is 31.2 Å². The van der Waals surface area contributed by atoms with Crippen LogP contribution in [-0.2, 0) is 12.7 Å². The van der Waals surface area contributed by atoms with Gasteiger partial charge in [-0.15, -0.1) is 0 Å². The molecule has 0 aromatic heterocycles. The van der Waals surface area contributed by atoms with Gasteiger partial charge in [0.2, 0.25) is 0 Å². The second kappa shape index (κ2) is 8.92. The van der Waals surface area contributed by atoms with Gasteiger partial charge < -0.3 is 10.1 Å². The molecule has 5 rings (SSSR count). The summed E-state index contributed by atoms with van der Waals surface area (Å²) in [7, 11) is 1.59. The van der Waals surface area contributed by atoms with Crippen molar-refractivity contribution in [2.75, 3.05) is 30.4 Å². The molecule has 35 heavy (non-hydrogen) atoms. The van der Waals surface area contributed by atoms with Crippen LogP contribution in [0.1, 0.15) is 34.3 Å². The number of carbonyl (C=O) groups is 1. The second-order valence-corrected chi connectivity index (χ2v) is 8.97. The molecule has 3 aromatic carbocycles. The molecular formula is C27H26F3N3O2. The van der Waals surface area contributed by atoms with Gasteiger partial charge in [0.1, 0.15) is 11.4 Å². The minimum absolute atomic E-state index is 0.0969. The van der Waals surface area contributed by atoms with Crippen molar-refractivity contribution < 1.29 is 22.7 Å². The molecule has 5 nitrogen and oxygen atoms in total. The number of nitrogens with zero attached hydrogens (tertiary/aromatic N) is 2. The van der Waals surface area contributed by atoms with E-state index in [4.69, 9.17) is 4.74 Å². The molecule has 1 fully saturated rings. The Morgan fingerprint density at radius 1 is 0.943 bits per heavy atom. The Balaban J connectivity index is 1.43. The molecule has 1 N–H and O–H groups in total. The molecule has 0 radical (unpaired) electrons. The first kappa shape index (κ1) is 23.2. The summed E-state index contributed by atoms with van der Waals surface area (Å²) in [6, 6.07) is 20.5. The van der Waals surface area contributed by atoms with E-state index in [9.17, 15) is 18.0 Å². The highest BCUT2D eigenvalue weighted by molar-refractivity contribution is 6.12. The van der Waals surface area contributed by atoms with Crippen molar-refractivity contribution in [3.63, 3.8) is 0 Å². The highest BCUT2D eigenvalue weighted by Gasteiger charge is 2.47. The summed E-state index contributed by atoms with van der Waals surface area (Å²) in [5, 5.41) is 3.61. The maximum absolute atomic E-state index is 13.7. The van der Waals surface area contributed by atoms with E-state index in [1.165, 1.54) is 12.1 Å². The van der Waals surface area contributed by atoms with Crippen molar-refractivity contribution in [3.8, 4) is 5.75 Å². The number of ether oxygens (including phenoxy) is 1. The third-order valence-electron chi connectivity index (χ3n) is 6.89. The summed E-state index contributed by atoms with van der Waals surface area (Å²) in [5.74, 6) is 0.596. The Morgan fingerprint density at radius 3 is 2.29 bits per heavy atom. The van der Waals surface area contributed by atoms with Crippen LogP contribution in [0.15, 0.2) is 72.8 Å². The lowest BCUT2D eigenvalue weighted by Gasteiger charge is -2.52. The lowest BCUT2D eigenvalue weighted by molar-refractivity contribution is -0.138. The van der Waals surface area contributed by atoms with E-state index in [2.05, 4.69) is 5.32 Å². The molecule has 0 atom stereocenters. The summed E-state index contributed by atoms with van der Waals surface area (Å²) in [6.45, 7) is 1.29. The van der Waals surface area contributed by atoms with Gasteiger partial charge in [-0.05, 0) is 48.0 Å². The highest BCUT2D eigenvalue weighted by atomic mass is 19.4. The number of para-hydroxylation sites is 1. The molecule has 1 saturated heterocycles. The number of benzene rings is 3. The van der Waals surface area contributed by atoms with Crippen LogP contribution in [0.25, 0.3) is 0 Å². The fourth-order valence-electron chi connectivity index (χ4n) is 5.10. The zero-order chi connectivity index (χ0) is 24.6. The smallest absolute Gasteiger partial charge is 0.416 e. The fraction of sp³-hybridized carbons (Fsp3) is 0.296. The molecule has 0 saturated carbocycles. The molecule has 2 heterocycles. The zero-order valence-corrected chi connectivity index (χ0v) is 19.3. The summed E-state index contributed by atoms with van der Waals surface area (Å²) in [5.41, 5.74) is 1.10. The number of halogens is 3. The number of hydrogen-bond donors (Lipinski definition) is 1. The van der Waals surface area contributed by atoms with Crippen molar-refractivity contribution in [1.82, 2.24) is 4.90 Å². The van der Waals surface area contributed by atoms with E-state index in [0.29, 0.717) is 37.2 Å². The third-order valence-corrected chi connectivity index (χ3v) is 6.89. The Morgan fingerprint density at radius 2 is 1.60 bits per heavy atom. The molecule has 0 aliphatic carbocycles. The predicted octanol–water partition coefficient (Wildman–Crippen LogP) is 5.78. The average Bonchev–Trinajstić information content (AvgIpc) is 2.86. The van der Waals surface area contributed by atoms with E-state index in [1.807, 2.05) is 47.4 Å². The van der Waals surface area contributed by atoms with Gasteiger partial charge in [-0.3, -0.25) is 14.6 Å². The van der Waals surface area contributed by atoms with Crippen LogP contribution >= 0.6 is 0 Å². The number of likely N-dealkylation sites (tertiary alicyclic amines) is 1. The monoisotopic (exact) mass is 481 g/mol. The average molecular weight is 482 g/mol. The fourth-order valence-corrected chi connectivity index (χ4v) is 5.10. The molecule has 2 aliphatic heterocycles. The van der Waals surface area contributed by atoms with Crippen LogP contribution in [0.4, 0.5) is 24.5 Å². The van der Waals surface area contributed by atoms with Crippen LogP contribution in [0.5, 0.6) is 5.75 Å². The molecule has 8 heteroatoms. The maximum atomic E-state index is 13.7. The van der Waals surface area contributed by atoms with E-state index >= 15 is 0 Å². The van der Waals surface area contributed by atoms with Crippen molar-refractivity contribution in [2.24, 2.45) is 0 Å². The Labute approximate surface area is 202 Å². The van der Waals surface area contributed by atoms with Crippen LogP contribution < -0.4 is 15.0 Å². The van der Waals surface area contributed by atoms with Gasteiger partial charge in [0.25, 0.3) is 5.91 Å². The lowest BCUT2D eigenvalue weighted by atomic mass is 9.89. The highest BCUT2D eigenvalue weighted by Crippen LogP contribution is 2.41.